The number of nitrogens with one attached hydrogen (secondary N) is 1. The second kappa shape index (κ2) is 7.42. The van der Waals surface area contributed by atoms with Crippen LogP contribution in [0.4, 0.5) is 0 Å². The van der Waals surface area contributed by atoms with Gasteiger partial charge in [0, 0.05) is 12.6 Å². The van der Waals surface area contributed by atoms with Crippen LogP contribution >= 0.6 is 0 Å². The molecule has 2 nitrogen and oxygen atoms in total. The fraction of sp³-hybridized carbons (Fsp3) is 0.684. The summed E-state index contributed by atoms with van der Waals surface area (Å²) in [7, 11) is 0. The van der Waals surface area contributed by atoms with Crippen molar-refractivity contribution in [2.45, 2.75) is 71.4 Å². The van der Waals surface area contributed by atoms with Crippen molar-refractivity contribution in [1.29, 1.82) is 0 Å². The average molecular weight is 289 g/mol. The molecule has 0 aliphatic carbocycles. The van der Waals surface area contributed by atoms with E-state index in [4.69, 9.17) is 4.74 Å². The first-order chi connectivity index (χ1) is 10.0. The third kappa shape index (κ3) is 4.31. The van der Waals surface area contributed by atoms with Crippen molar-refractivity contribution in [3.63, 3.8) is 0 Å². The molecule has 1 aromatic rings. The highest BCUT2D eigenvalue weighted by molar-refractivity contribution is 5.31. The SMILES string of the molecule is CCCNC(Cc1cc(C)ccc1C)C1(C)CCCCO1. The highest BCUT2D eigenvalue weighted by Crippen LogP contribution is 2.30. The number of benzene rings is 1. The molecule has 1 N–H and O–H groups in total. The number of hydrogen-bond acceptors (Lipinski definition) is 2. The van der Waals surface area contributed by atoms with Gasteiger partial charge in [0.2, 0.25) is 0 Å². The summed E-state index contributed by atoms with van der Waals surface area (Å²) in [6, 6.07) is 7.18. The van der Waals surface area contributed by atoms with Crippen LogP contribution in [0, 0.1) is 13.8 Å². The van der Waals surface area contributed by atoms with E-state index in [0.29, 0.717) is 6.04 Å². The molecule has 1 heterocycles. The maximum absolute atomic E-state index is 6.20. The van der Waals surface area contributed by atoms with Gasteiger partial charge >= 0.3 is 0 Å². The minimum atomic E-state index is -0.0242. The summed E-state index contributed by atoms with van der Waals surface area (Å²) in [5, 5.41) is 3.75. The molecule has 1 aliphatic rings. The predicted molar refractivity (Wildman–Crippen MR) is 89.9 cm³/mol. The lowest BCUT2D eigenvalue weighted by atomic mass is 9.83. The standard InChI is InChI=1S/C19H31NO/c1-5-11-20-18(19(4)10-6-7-12-21-19)14-17-13-15(2)8-9-16(17)3/h8-9,13,18,20H,5-7,10-12,14H2,1-4H3. The Labute approximate surface area is 130 Å². The van der Waals surface area contributed by atoms with Crippen molar-refractivity contribution in [3.8, 4) is 0 Å². The molecule has 0 spiro atoms. The first-order valence-electron chi connectivity index (χ1n) is 8.48. The molecule has 1 aromatic carbocycles. The van der Waals surface area contributed by atoms with Gasteiger partial charge in [-0.25, -0.2) is 0 Å². The van der Waals surface area contributed by atoms with Gasteiger partial charge in [0.05, 0.1) is 5.60 Å². The summed E-state index contributed by atoms with van der Waals surface area (Å²) < 4.78 is 6.20. The minimum absolute atomic E-state index is 0.0242. The van der Waals surface area contributed by atoms with Gasteiger partial charge in [0.1, 0.15) is 0 Å². The first kappa shape index (κ1) is 16.5. The number of ether oxygens (including phenoxy) is 1. The van der Waals surface area contributed by atoms with Crippen LogP contribution in [0.1, 0.15) is 56.2 Å². The molecule has 2 rings (SSSR count). The van der Waals surface area contributed by atoms with Gasteiger partial charge in [-0.15, -0.1) is 0 Å². The smallest absolute Gasteiger partial charge is 0.0810 e. The van der Waals surface area contributed by atoms with E-state index in [-0.39, 0.29) is 5.60 Å². The zero-order valence-electron chi connectivity index (χ0n) is 14.2. The van der Waals surface area contributed by atoms with E-state index < -0.39 is 0 Å². The van der Waals surface area contributed by atoms with Gasteiger partial charge in [-0.05, 0) is 70.5 Å². The number of hydrogen-bond donors (Lipinski definition) is 1. The van der Waals surface area contributed by atoms with Crippen molar-refractivity contribution >= 4 is 0 Å². The Kier molecular flexibility index (Phi) is 5.83. The molecule has 0 radical (unpaired) electrons. The van der Waals surface area contributed by atoms with Gasteiger partial charge in [-0.2, -0.15) is 0 Å². The first-order valence-corrected chi connectivity index (χ1v) is 8.48. The summed E-state index contributed by atoms with van der Waals surface area (Å²) in [6.07, 6.45) is 5.88. The molecule has 0 saturated carbocycles. The predicted octanol–water partition coefficient (Wildman–Crippen LogP) is 4.17. The molecule has 1 aliphatic heterocycles. The van der Waals surface area contributed by atoms with Crippen LogP contribution in [0.2, 0.25) is 0 Å². The van der Waals surface area contributed by atoms with E-state index in [2.05, 4.69) is 51.2 Å². The van der Waals surface area contributed by atoms with Crippen molar-refractivity contribution in [2.24, 2.45) is 0 Å². The molecule has 0 aromatic heterocycles. The quantitative estimate of drug-likeness (QED) is 0.848. The number of rotatable bonds is 6. The largest absolute Gasteiger partial charge is 0.374 e. The highest BCUT2D eigenvalue weighted by Gasteiger charge is 2.36. The third-order valence-corrected chi connectivity index (χ3v) is 4.81. The zero-order valence-corrected chi connectivity index (χ0v) is 14.2. The molecule has 2 heteroatoms. The minimum Gasteiger partial charge on any atom is -0.374 e. The molecule has 0 amide bonds. The number of aryl methyl sites for hydroxylation is 2. The van der Waals surface area contributed by atoms with E-state index in [1.54, 1.807) is 0 Å². The Hall–Kier alpha value is -0.860. The lowest BCUT2D eigenvalue weighted by Crippen LogP contribution is -2.53. The van der Waals surface area contributed by atoms with Gasteiger partial charge in [0.15, 0.2) is 0 Å². The van der Waals surface area contributed by atoms with Crippen LogP contribution in [0.25, 0.3) is 0 Å². The lowest BCUT2D eigenvalue weighted by Gasteiger charge is -2.41. The average Bonchev–Trinajstić information content (AvgIpc) is 2.47. The summed E-state index contributed by atoms with van der Waals surface area (Å²) in [6.45, 7) is 10.9. The molecule has 1 saturated heterocycles. The summed E-state index contributed by atoms with van der Waals surface area (Å²) in [5.41, 5.74) is 4.17. The summed E-state index contributed by atoms with van der Waals surface area (Å²) in [4.78, 5) is 0. The summed E-state index contributed by atoms with van der Waals surface area (Å²) >= 11 is 0. The van der Waals surface area contributed by atoms with E-state index >= 15 is 0 Å². The molecular weight excluding hydrogens is 258 g/mol. The van der Waals surface area contributed by atoms with Crippen LogP contribution in [0.3, 0.4) is 0 Å². The van der Waals surface area contributed by atoms with Crippen molar-refractivity contribution < 1.29 is 4.74 Å². The molecule has 21 heavy (non-hydrogen) atoms. The van der Waals surface area contributed by atoms with E-state index in [0.717, 1.165) is 19.6 Å². The summed E-state index contributed by atoms with van der Waals surface area (Å²) in [5.74, 6) is 0. The topological polar surface area (TPSA) is 21.3 Å². The normalized spacial score (nSPS) is 24.0. The van der Waals surface area contributed by atoms with Crippen LogP contribution in [-0.4, -0.2) is 24.8 Å². The second-order valence-corrected chi connectivity index (χ2v) is 6.76. The molecule has 2 unspecified atom stereocenters. The lowest BCUT2D eigenvalue weighted by molar-refractivity contribution is -0.0883. The van der Waals surface area contributed by atoms with Gasteiger partial charge < -0.3 is 10.1 Å². The van der Waals surface area contributed by atoms with E-state index in [1.165, 1.54) is 42.4 Å². The second-order valence-electron chi connectivity index (χ2n) is 6.76. The van der Waals surface area contributed by atoms with Crippen LogP contribution < -0.4 is 5.32 Å². The Morgan fingerprint density at radius 2 is 2.10 bits per heavy atom. The molecule has 1 fully saturated rings. The monoisotopic (exact) mass is 289 g/mol. The van der Waals surface area contributed by atoms with Crippen molar-refractivity contribution in [1.82, 2.24) is 5.32 Å². The Morgan fingerprint density at radius 1 is 1.29 bits per heavy atom. The van der Waals surface area contributed by atoms with Gasteiger partial charge in [-0.1, -0.05) is 30.7 Å². The fourth-order valence-corrected chi connectivity index (χ4v) is 3.29. The Morgan fingerprint density at radius 3 is 2.76 bits per heavy atom. The molecule has 118 valence electrons. The van der Waals surface area contributed by atoms with Crippen LogP contribution in [0.5, 0.6) is 0 Å². The molecule has 0 bridgehead atoms. The maximum atomic E-state index is 6.20. The molecular formula is C19H31NO. The Bertz CT molecular complexity index is 449. The van der Waals surface area contributed by atoms with Crippen molar-refractivity contribution in [2.75, 3.05) is 13.2 Å². The fourth-order valence-electron chi connectivity index (χ4n) is 3.29. The van der Waals surface area contributed by atoms with Gasteiger partial charge in [-0.3, -0.25) is 0 Å². The van der Waals surface area contributed by atoms with Crippen LogP contribution in [0.15, 0.2) is 18.2 Å². The third-order valence-electron chi connectivity index (χ3n) is 4.81. The molecule has 2 atom stereocenters. The highest BCUT2D eigenvalue weighted by atomic mass is 16.5. The van der Waals surface area contributed by atoms with Crippen molar-refractivity contribution in [3.05, 3.63) is 34.9 Å². The van der Waals surface area contributed by atoms with Crippen LogP contribution in [-0.2, 0) is 11.2 Å². The zero-order chi connectivity index (χ0) is 15.3. The van der Waals surface area contributed by atoms with E-state index in [1.807, 2.05) is 0 Å². The van der Waals surface area contributed by atoms with E-state index in [9.17, 15) is 0 Å². The van der Waals surface area contributed by atoms with Gasteiger partial charge in [0.25, 0.3) is 0 Å². The maximum Gasteiger partial charge on any atom is 0.0810 e. The Balaban J connectivity index is 2.17.